The molecule has 174 valence electrons. The van der Waals surface area contributed by atoms with Gasteiger partial charge in [0.1, 0.15) is 23.7 Å². The molecule has 2 saturated carbocycles. The summed E-state index contributed by atoms with van der Waals surface area (Å²) in [6.45, 7) is 0.359. The highest BCUT2D eigenvalue weighted by Gasteiger charge is 2.46. The maximum absolute atomic E-state index is 12.5. The Bertz CT molecular complexity index is 1220. The Morgan fingerprint density at radius 3 is 2.56 bits per heavy atom. The summed E-state index contributed by atoms with van der Waals surface area (Å²) in [5.74, 6) is 2.93. The van der Waals surface area contributed by atoms with Crippen LogP contribution in [0.4, 0.5) is 11.6 Å². The van der Waals surface area contributed by atoms with Gasteiger partial charge in [-0.25, -0.2) is 9.97 Å². The molecule has 0 radical (unpaired) electrons. The molecule has 0 aliphatic heterocycles. The first kappa shape index (κ1) is 21.9. The molecule has 0 spiro atoms. The molecule has 34 heavy (non-hydrogen) atoms. The molecule has 0 saturated heterocycles. The van der Waals surface area contributed by atoms with Crippen LogP contribution in [-0.2, 0) is 6.54 Å². The molecule has 2 unspecified atom stereocenters. The molecule has 2 aliphatic rings. The van der Waals surface area contributed by atoms with Gasteiger partial charge < -0.3 is 21.1 Å². The Morgan fingerprint density at radius 1 is 1.09 bits per heavy atom. The summed E-state index contributed by atoms with van der Waals surface area (Å²) in [7, 11) is 1.54. The number of rotatable bonds is 8. The number of fused-ring (bicyclic) bond motifs is 1. The minimum atomic E-state index is -0.205. The van der Waals surface area contributed by atoms with Crippen LogP contribution in [-0.4, -0.2) is 34.7 Å². The van der Waals surface area contributed by atoms with Gasteiger partial charge in [-0.1, -0.05) is 36.4 Å². The average Bonchev–Trinajstić information content (AvgIpc) is 3.47. The molecule has 5 rings (SSSR count). The number of nitrogens with zero attached hydrogens (tertiary/aromatic N) is 2. The zero-order chi connectivity index (χ0) is 23.7. The van der Waals surface area contributed by atoms with E-state index in [-0.39, 0.29) is 11.6 Å². The monoisotopic (exact) mass is 456 g/mol. The van der Waals surface area contributed by atoms with Crippen LogP contribution >= 0.6 is 0 Å². The van der Waals surface area contributed by atoms with Gasteiger partial charge in [0.2, 0.25) is 0 Å². The van der Waals surface area contributed by atoms with Crippen LogP contribution in [0.15, 0.2) is 54.9 Å². The molecule has 8 heteroatoms. The third-order valence-electron chi connectivity index (χ3n) is 6.76. The van der Waals surface area contributed by atoms with Gasteiger partial charge in [-0.15, -0.1) is 0 Å². The van der Waals surface area contributed by atoms with Crippen molar-refractivity contribution in [3.8, 4) is 5.75 Å². The van der Waals surface area contributed by atoms with Crippen LogP contribution in [0.3, 0.4) is 0 Å². The number of para-hydroxylation sites is 1. The zero-order valence-corrected chi connectivity index (χ0v) is 19.0. The molecule has 2 aliphatic carbocycles. The van der Waals surface area contributed by atoms with Gasteiger partial charge in [0.15, 0.2) is 0 Å². The average molecular weight is 457 g/mol. The van der Waals surface area contributed by atoms with Gasteiger partial charge in [0.05, 0.1) is 23.9 Å². The Labute approximate surface area is 198 Å². The summed E-state index contributed by atoms with van der Waals surface area (Å²) in [4.78, 5) is 21.1. The quantitative estimate of drug-likeness (QED) is 0.384. The predicted octanol–water partition coefficient (Wildman–Crippen LogP) is 3.62. The Balaban J connectivity index is 1.26. The topological polar surface area (TPSA) is 126 Å². The fourth-order valence-electron chi connectivity index (χ4n) is 4.82. The third kappa shape index (κ3) is 4.44. The summed E-state index contributed by atoms with van der Waals surface area (Å²) in [6.07, 6.45) is 5.09. The standard InChI is InChI=1S/C26H28N6O2/c1-34-21-5-3-2-4-20(21)26(33)29-13-15-6-8-16(9-7-15)23(27)22-24(28)30-14-31-25(22)32-19-11-17-10-18(17)12-19/h2-9,14,17-19,27H,10-13H2,1H3,(H,29,33)(H3,28,30,31,32). The van der Waals surface area contributed by atoms with Crippen LogP contribution in [0, 0.1) is 17.2 Å². The minimum Gasteiger partial charge on any atom is -0.496 e. The van der Waals surface area contributed by atoms with Crippen LogP contribution in [0.2, 0.25) is 0 Å². The van der Waals surface area contributed by atoms with E-state index in [1.807, 2.05) is 30.3 Å². The molecule has 2 atom stereocenters. The van der Waals surface area contributed by atoms with Gasteiger partial charge in [-0.05, 0) is 48.8 Å². The fraction of sp³-hybridized carbons (Fsp3) is 0.308. The number of carbonyl (C=O) groups excluding carboxylic acids is 1. The van der Waals surface area contributed by atoms with E-state index >= 15 is 0 Å². The number of hydrogen-bond donors (Lipinski definition) is 4. The molecule has 2 fully saturated rings. The Kier molecular flexibility index (Phi) is 5.88. The van der Waals surface area contributed by atoms with E-state index in [0.29, 0.717) is 46.7 Å². The SMILES string of the molecule is COc1ccccc1C(=O)NCc1ccc(C(=N)c2c(N)ncnc2NC2CC3CC3C2)cc1. The van der Waals surface area contributed by atoms with Crippen molar-refractivity contribution in [2.75, 3.05) is 18.2 Å². The second-order valence-corrected chi connectivity index (χ2v) is 9.01. The van der Waals surface area contributed by atoms with Crippen LogP contribution in [0.25, 0.3) is 0 Å². The zero-order valence-electron chi connectivity index (χ0n) is 19.0. The lowest BCUT2D eigenvalue weighted by molar-refractivity contribution is 0.0948. The number of amides is 1. The van der Waals surface area contributed by atoms with Crippen molar-refractivity contribution in [2.45, 2.75) is 31.8 Å². The lowest BCUT2D eigenvalue weighted by Gasteiger charge is -2.19. The summed E-state index contributed by atoms with van der Waals surface area (Å²) >= 11 is 0. The Hall–Kier alpha value is -3.94. The number of nitrogen functional groups attached to an aromatic ring is 1. The van der Waals surface area contributed by atoms with E-state index < -0.39 is 0 Å². The molecule has 8 nitrogen and oxygen atoms in total. The first-order chi connectivity index (χ1) is 16.5. The number of aromatic nitrogens is 2. The highest BCUT2D eigenvalue weighted by atomic mass is 16.5. The molecule has 3 aromatic rings. The van der Waals surface area contributed by atoms with Crippen molar-refractivity contribution in [3.05, 3.63) is 77.1 Å². The molecular weight excluding hydrogens is 428 g/mol. The summed E-state index contributed by atoms with van der Waals surface area (Å²) in [5, 5.41) is 15.2. The third-order valence-corrected chi connectivity index (χ3v) is 6.76. The molecule has 0 bridgehead atoms. The summed E-state index contributed by atoms with van der Waals surface area (Å²) in [6, 6.07) is 15.0. The van der Waals surface area contributed by atoms with Crippen molar-refractivity contribution >= 4 is 23.3 Å². The second-order valence-electron chi connectivity index (χ2n) is 9.01. The van der Waals surface area contributed by atoms with Gasteiger partial charge in [-0.3, -0.25) is 10.2 Å². The normalized spacial score (nSPS) is 20.3. The van der Waals surface area contributed by atoms with Crippen molar-refractivity contribution in [1.29, 1.82) is 5.41 Å². The number of nitrogens with two attached hydrogens (primary N) is 1. The molecule has 2 aromatic carbocycles. The number of hydrogen-bond acceptors (Lipinski definition) is 7. The van der Waals surface area contributed by atoms with E-state index in [0.717, 1.165) is 30.2 Å². The van der Waals surface area contributed by atoms with E-state index in [9.17, 15) is 4.79 Å². The first-order valence-corrected chi connectivity index (χ1v) is 11.5. The van der Waals surface area contributed by atoms with E-state index in [1.54, 1.807) is 25.3 Å². The smallest absolute Gasteiger partial charge is 0.255 e. The van der Waals surface area contributed by atoms with Gasteiger partial charge in [0.25, 0.3) is 5.91 Å². The number of anilines is 2. The predicted molar refractivity (Wildman–Crippen MR) is 131 cm³/mol. The lowest BCUT2D eigenvalue weighted by atomic mass is 10.0. The molecule has 1 aromatic heterocycles. The van der Waals surface area contributed by atoms with Crippen LogP contribution < -0.4 is 21.1 Å². The number of benzene rings is 2. The maximum atomic E-state index is 12.5. The highest BCUT2D eigenvalue weighted by Crippen LogP contribution is 2.52. The molecular formula is C26H28N6O2. The summed E-state index contributed by atoms with van der Waals surface area (Å²) in [5.41, 5.74) is 9.08. The number of carbonyl (C=O) groups is 1. The molecule has 1 heterocycles. The van der Waals surface area contributed by atoms with Gasteiger partial charge in [0, 0.05) is 18.2 Å². The minimum absolute atomic E-state index is 0.205. The molecule has 1 amide bonds. The summed E-state index contributed by atoms with van der Waals surface area (Å²) < 4.78 is 5.26. The lowest BCUT2D eigenvalue weighted by Crippen LogP contribution is -2.23. The van der Waals surface area contributed by atoms with E-state index in [2.05, 4.69) is 20.6 Å². The largest absolute Gasteiger partial charge is 0.496 e. The van der Waals surface area contributed by atoms with E-state index in [1.165, 1.54) is 12.7 Å². The highest BCUT2D eigenvalue weighted by molar-refractivity contribution is 6.16. The Morgan fingerprint density at radius 2 is 1.82 bits per heavy atom. The van der Waals surface area contributed by atoms with Gasteiger partial charge >= 0.3 is 0 Å². The van der Waals surface area contributed by atoms with E-state index in [4.69, 9.17) is 15.9 Å². The molecule has 5 N–H and O–H groups in total. The number of ether oxygens (including phenoxy) is 1. The van der Waals surface area contributed by atoms with Crippen LogP contribution in [0.5, 0.6) is 5.75 Å². The van der Waals surface area contributed by atoms with Crippen molar-refractivity contribution in [3.63, 3.8) is 0 Å². The van der Waals surface area contributed by atoms with Crippen molar-refractivity contribution < 1.29 is 9.53 Å². The van der Waals surface area contributed by atoms with Gasteiger partial charge in [-0.2, -0.15) is 0 Å². The first-order valence-electron chi connectivity index (χ1n) is 11.5. The van der Waals surface area contributed by atoms with Crippen LogP contribution in [0.1, 0.15) is 46.3 Å². The maximum Gasteiger partial charge on any atom is 0.255 e. The second kappa shape index (κ2) is 9.13. The van der Waals surface area contributed by atoms with Crippen molar-refractivity contribution in [2.24, 2.45) is 11.8 Å². The number of methoxy groups -OCH3 is 1. The van der Waals surface area contributed by atoms with Crippen molar-refractivity contribution in [1.82, 2.24) is 15.3 Å². The fourth-order valence-corrected chi connectivity index (χ4v) is 4.82. The number of nitrogens with one attached hydrogen (secondary N) is 3.